The minimum Gasteiger partial charge on any atom is -0.381 e. The fourth-order valence-electron chi connectivity index (χ4n) is 7.48. The van der Waals surface area contributed by atoms with Crippen LogP contribution in [0.1, 0.15) is 136 Å². The van der Waals surface area contributed by atoms with E-state index in [2.05, 4.69) is 13.8 Å². The first-order chi connectivity index (χ1) is 17.6. The molecule has 4 heteroatoms. The van der Waals surface area contributed by atoms with E-state index in [4.69, 9.17) is 9.47 Å². The third-order valence-corrected chi connectivity index (χ3v) is 9.91. The summed E-state index contributed by atoms with van der Waals surface area (Å²) in [6, 6.07) is 0. The Bertz CT molecular complexity index is 542. The van der Waals surface area contributed by atoms with Crippen molar-refractivity contribution in [3.63, 3.8) is 0 Å². The van der Waals surface area contributed by atoms with E-state index < -0.39 is 18.4 Å². The molecule has 0 amide bonds. The zero-order valence-electron chi connectivity index (χ0n) is 23.7. The fourth-order valence-corrected chi connectivity index (χ4v) is 7.48. The van der Waals surface area contributed by atoms with Gasteiger partial charge in [0.1, 0.15) is 6.17 Å². The Balaban J connectivity index is 1.29. The van der Waals surface area contributed by atoms with Gasteiger partial charge in [0.15, 0.2) is 6.17 Å². The van der Waals surface area contributed by atoms with Crippen molar-refractivity contribution < 1.29 is 18.3 Å². The van der Waals surface area contributed by atoms with Crippen molar-refractivity contribution in [2.75, 3.05) is 19.8 Å². The second-order valence-corrected chi connectivity index (χ2v) is 12.5. The molecule has 2 nitrogen and oxygen atoms in total. The maximum Gasteiger partial charge on any atom is 0.157 e. The van der Waals surface area contributed by atoms with Gasteiger partial charge in [-0.2, -0.15) is 0 Å². The van der Waals surface area contributed by atoms with Gasteiger partial charge < -0.3 is 9.47 Å². The van der Waals surface area contributed by atoms with Crippen LogP contribution in [0.5, 0.6) is 0 Å². The van der Waals surface area contributed by atoms with Crippen LogP contribution in [-0.4, -0.2) is 38.3 Å². The van der Waals surface area contributed by atoms with Crippen LogP contribution in [0.15, 0.2) is 0 Å². The van der Waals surface area contributed by atoms with Gasteiger partial charge in [0, 0.05) is 19.8 Å². The van der Waals surface area contributed by atoms with Crippen molar-refractivity contribution in [2.24, 2.45) is 29.6 Å². The number of halogens is 2. The Kier molecular flexibility index (Phi) is 14.6. The van der Waals surface area contributed by atoms with Crippen LogP contribution in [-0.2, 0) is 9.47 Å². The molecule has 0 N–H and O–H groups in total. The summed E-state index contributed by atoms with van der Waals surface area (Å²) in [7, 11) is 0. The van der Waals surface area contributed by atoms with Crippen molar-refractivity contribution in [1.29, 1.82) is 0 Å². The molecule has 3 fully saturated rings. The predicted molar refractivity (Wildman–Crippen MR) is 147 cm³/mol. The van der Waals surface area contributed by atoms with E-state index in [1.807, 2.05) is 0 Å². The van der Waals surface area contributed by atoms with Gasteiger partial charge in [0.25, 0.3) is 0 Å². The topological polar surface area (TPSA) is 18.5 Å². The summed E-state index contributed by atoms with van der Waals surface area (Å²) >= 11 is 0. The van der Waals surface area contributed by atoms with Crippen molar-refractivity contribution in [3.05, 3.63) is 0 Å². The van der Waals surface area contributed by atoms with E-state index in [9.17, 15) is 4.39 Å². The first-order valence-corrected chi connectivity index (χ1v) is 16.1. The van der Waals surface area contributed by atoms with E-state index in [0.29, 0.717) is 18.9 Å². The van der Waals surface area contributed by atoms with Crippen molar-refractivity contribution in [2.45, 2.75) is 154 Å². The summed E-state index contributed by atoms with van der Waals surface area (Å²) in [6.45, 7) is 6.93. The first kappa shape index (κ1) is 30.3. The zero-order valence-corrected chi connectivity index (χ0v) is 23.7. The summed E-state index contributed by atoms with van der Waals surface area (Å²) in [5, 5.41) is 0. The van der Waals surface area contributed by atoms with E-state index in [-0.39, 0.29) is 5.92 Å². The van der Waals surface area contributed by atoms with Crippen LogP contribution in [0.2, 0.25) is 0 Å². The molecule has 0 radical (unpaired) electrons. The Hall–Kier alpha value is -0.220. The Morgan fingerprint density at radius 2 is 1.11 bits per heavy atom. The van der Waals surface area contributed by atoms with Gasteiger partial charge in [-0.1, -0.05) is 58.8 Å². The summed E-state index contributed by atoms with van der Waals surface area (Å²) < 4.78 is 41.9. The minimum atomic E-state index is -1.43. The van der Waals surface area contributed by atoms with Gasteiger partial charge >= 0.3 is 0 Å². The van der Waals surface area contributed by atoms with Gasteiger partial charge in [-0.3, -0.25) is 0 Å². The van der Waals surface area contributed by atoms with Crippen LogP contribution in [0.3, 0.4) is 0 Å². The van der Waals surface area contributed by atoms with Crippen LogP contribution in [0, 0.1) is 29.6 Å². The number of unbranched alkanes of at least 4 members (excludes halogenated alkanes) is 7. The molecule has 4 atom stereocenters. The highest BCUT2D eigenvalue weighted by atomic mass is 19.2. The van der Waals surface area contributed by atoms with Gasteiger partial charge in [-0.25, -0.2) is 8.78 Å². The normalized spacial score (nSPS) is 35.7. The first-order valence-electron chi connectivity index (χ1n) is 16.1. The second-order valence-electron chi connectivity index (χ2n) is 12.5. The van der Waals surface area contributed by atoms with Crippen LogP contribution in [0.4, 0.5) is 8.78 Å². The quantitative estimate of drug-likeness (QED) is 0.192. The van der Waals surface area contributed by atoms with E-state index in [1.165, 1.54) is 83.5 Å². The molecule has 0 bridgehead atoms. The SMILES string of the molecule is CCCCCCCCOC1CCC(C2CCC(C3CCC(COCCCCC)CC3)CC2)C(F)C1F. The van der Waals surface area contributed by atoms with Crippen molar-refractivity contribution in [3.8, 4) is 0 Å². The molecule has 3 aliphatic rings. The number of ether oxygens (including phenoxy) is 2. The Morgan fingerprint density at radius 1 is 0.556 bits per heavy atom. The second kappa shape index (κ2) is 17.4. The van der Waals surface area contributed by atoms with Crippen molar-refractivity contribution >= 4 is 0 Å². The molecular formula is C32H58F2O2. The average Bonchev–Trinajstić information content (AvgIpc) is 2.91. The monoisotopic (exact) mass is 512 g/mol. The lowest BCUT2D eigenvalue weighted by Gasteiger charge is -2.43. The fraction of sp³-hybridized carbons (Fsp3) is 1.00. The lowest BCUT2D eigenvalue weighted by atomic mass is 9.65. The van der Waals surface area contributed by atoms with Gasteiger partial charge in [0.2, 0.25) is 0 Å². The highest BCUT2D eigenvalue weighted by molar-refractivity contribution is 4.94. The lowest BCUT2D eigenvalue weighted by molar-refractivity contribution is -0.0887. The number of rotatable bonds is 16. The smallest absolute Gasteiger partial charge is 0.157 e. The highest BCUT2D eigenvalue weighted by Crippen LogP contribution is 2.46. The Morgan fingerprint density at radius 3 is 1.81 bits per heavy atom. The largest absolute Gasteiger partial charge is 0.381 e. The number of alkyl halides is 2. The molecule has 0 aliphatic heterocycles. The van der Waals surface area contributed by atoms with Crippen LogP contribution in [0.25, 0.3) is 0 Å². The minimum absolute atomic E-state index is 0.0876. The molecule has 0 aromatic heterocycles. The zero-order chi connectivity index (χ0) is 25.6. The third kappa shape index (κ3) is 9.83. The average molecular weight is 513 g/mol. The van der Waals surface area contributed by atoms with Gasteiger partial charge in [0.05, 0.1) is 6.10 Å². The van der Waals surface area contributed by atoms with E-state index >= 15 is 4.39 Å². The molecule has 36 heavy (non-hydrogen) atoms. The number of hydrogen-bond acceptors (Lipinski definition) is 2. The molecule has 0 heterocycles. The predicted octanol–water partition coefficient (Wildman–Crippen LogP) is 9.64. The van der Waals surface area contributed by atoms with E-state index in [1.54, 1.807) is 0 Å². The summed E-state index contributed by atoms with van der Waals surface area (Å²) in [5.74, 6) is 2.70. The van der Waals surface area contributed by atoms with Crippen molar-refractivity contribution in [1.82, 2.24) is 0 Å². The summed E-state index contributed by atoms with van der Waals surface area (Å²) in [4.78, 5) is 0. The standard InChI is InChI=1S/C32H58F2O2/c1-3-5-7-8-9-11-23-36-30-21-20-29(31(33)32(30)34)28-18-16-27(17-19-28)26-14-12-25(13-15-26)24-35-22-10-6-4-2/h25-32H,3-24H2,1-2H3. The lowest BCUT2D eigenvalue weighted by Crippen LogP contribution is -2.46. The number of hydrogen-bond donors (Lipinski definition) is 0. The summed E-state index contributed by atoms with van der Waals surface area (Å²) in [6.07, 6.45) is 19.1. The van der Waals surface area contributed by atoms with Crippen LogP contribution < -0.4 is 0 Å². The van der Waals surface area contributed by atoms with Crippen LogP contribution >= 0.6 is 0 Å². The molecule has 212 valence electrons. The molecule has 0 spiro atoms. The molecule has 3 rings (SSSR count). The Labute approximate surface area is 222 Å². The molecule has 0 aromatic rings. The highest BCUT2D eigenvalue weighted by Gasteiger charge is 2.45. The van der Waals surface area contributed by atoms with E-state index in [0.717, 1.165) is 63.1 Å². The maximum absolute atomic E-state index is 15.2. The molecule has 3 saturated carbocycles. The van der Waals surface area contributed by atoms with Gasteiger partial charge in [-0.15, -0.1) is 0 Å². The maximum atomic E-state index is 15.2. The molecular weight excluding hydrogens is 454 g/mol. The molecule has 4 unspecified atom stereocenters. The molecule has 0 aromatic carbocycles. The molecule has 3 aliphatic carbocycles. The third-order valence-electron chi connectivity index (χ3n) is 9.91. The molecule has 0 saturated heterocycles. The van der Waals surface area contributed by atoms with Gasteiger partial charge in [-0.05, 0) is 107 Å². The summed E-state index contributed by atoms with van der Waals surface area (Å²) in [5.41, 5.74) is 0.